The van der Waals surface area contributed by atoms with E-state index in [1.165, 1.54) is 48.9 Å². The molecule has 2 aliphatic rings. The lowest BCUT2D eigenvalue weighted by molar-refractivity contribution is -0.0159. The van der Waals surface area contributed by atoms with Gasteiger partial charge in [0, 0.05) is 44.6 Å². The number of carbonyl (C=O) groups excluding carboxylic acids is 3. The number of nitrogens with zero attached hydrogens (tertiary/aromatic N) is 5. The van der Waals surface area contributed by atoms with Crippen molar-refractivity contribution in [2.45, 2.75) is 32.2 Å². The fraction of sp³-hybridized carbons (Fsp3) is 0.423. The van der Waals surface area contributed by atoms with Crippen LogP contribution in [0.2, 0.25) is 0 Å². The molecule has 0 bridgehead atoms. The van der Waals surface area contributed by atoms with Crippen LogP contribution in [0.25, 0.3) is 5.65 Å². The number of nitrogens with one attached hydrogen (secondary N) is 2. The summed E-state index contributed by atoms with van der Waals surface area (Å²) in [4.78, 5) is 46.1. The largest absolute Gasteiger partial charge is 0.387 e. The Morgan fingerprint density at radius 1 is 1.21 bits per heavy atom. The van der Waals surface area contributed by atoms with Gasteiger partial charge in [-0.1, -0.05) is 0 Å². The van der Waals surface area contributed by atoms with Gasteiger partial charge in [0.05, 0.1) is 48.5 Å². The van der Waals surface area contributed by atoms with Crippen LogP contribution >= 0.6 is 0 Å². The zero-order valence-electron chi connectivity index (χ0n) is 21.9. The van der Waals surface area contributed by atoms with Crippen molar-refractivity contribution >= 4 is 34.7 Å². The summed E-state index contributed by atoms with van der Waals surface area (Å²) in [5.74, 6) is -1.13. The van der Waals surface area contributed by atoms with E-state index in [0.29, 0.717) is 54.4 Å². The number of aliphatic hydroxyl groups is 1. The maximum absolute atomic E-state index is 14.6. The summed E-state index contributed by atoms with van der Waals surface area (Å²) in [6.07, 6.45) is 2.60. The van der Waals surface area contributed by atoms with Gasteiger partial charge in [0.1, 0.15) is 11.7 Å². The second kappa shape index (κ2) is 10.2. The number of halogens is 1. The maximum Gasteiger partial charge on any atom is 0.261 e. The number of hydrogen-bond donors (Lipinski definition) is 3. The molecule has 12 nitrogen and oxygen atoms in total. The zero-order valence-corrected chi connectivity index (χ0v) is 21.9. The van der Waals surface area contributed by atoms with Gasteiger partial charge in [-0.25, -0.2) is 13.9 Å². The molecule has 1 saturated heterocycles. The molecule has 1 atom stereocenters. The van der Waals surface area contributed by atoms with E-state index in [1.54, 1.807) is 12.1 Å². The normalized spacial score (nSPS) is 16.4. The highest BCUT2D eigenvalue weighted by Gasteiger charge is 2.36. The molecule has 0 saturated carbocycles. The van der Waals surface area contributed by atoms with Gasteiger partial charge < -0.3 is 30.3 Å². The Morgan fingerprint density at radius 2 is 1.95 bits per heavy atom. The van der Waals surface area contributed by atoms with Gasteiger partial charge in [0.25, 0.3) is 17.7 Å². The standard InChI is InChI=1S/C26H30FN7O5/c1-26(2,38)21(27)14-33-12-15-8-19(20(9-17(15)25(33)37)32-4-6-39-7-5-32)31-24(36)18-11-30-34-13-16(23(35)28-3)10-29-22(18)34/h8-11,13,21,38H,4-7,12,14H2,1-3H3,(H,28,35)(H,31,36)/t21-/m1/s1. The summed E-state index contributed by atoms with van der Waals surface area (Å²) in [6.45, 7) is 4.73. The van der Waals surface area contributed by atoms with E-state index in [-0.39, 0.29) is 36.1 Å². The number of carbonyl (C=O) groups is 3. The second-order valence-corrected chi connectivity index (χ2v) is 10.1. The summed E-state index contributed by atoms with van der Waals surface area (Å²) in [5.41, 5.74) is 1.38. The first-order valence-electron chi connectivity index (χ1n) is 12.6. The smallest absolute Gasteiger partial charge is 0.261 e. The van der Waals surface area contributed by atoms with Gasteiger partial charge >= 0.3 is 0 Å². The predicted octanol–water partition coefficient (Wildman–Crippen LogP) is 1.24. The van der Waals surface area contributed by atoms with E-state index < -0.39 is 17.7 Å². The SMILES string of the molecule is CNC(=O)c1cnc2c(C(=O)Nc3cc4c(cc3N3CCOCC3)C(=O)N(C[C@@H](F)C(C)(C)O)C4)cnn2c1. The van der Waals surface area contributed by atoms with Crippen LogP contribution in [0.3, 0.4) is 0 Å². The topological polar surface area (TPSA) is 141 Å². The average molecular weight is 540 g/mol. The number of amides is 3. The van der Waals surface area contributed by atoms with Gasteiger partial charge in [-0.15, -0.1) is 0 Å². The molecule has 0 spiro atoms. The quantitative estimate of drug-likeness (QED) is 0.407. The van der Waals surface area contributed by atoms with E-state index in [2.05, 4.69) is 20.7 Å². The first kappa shape index (κ1) is 26.5. The van der Waals surface area contributed by atoms with Crippen molar-refractivity contribution in [1.29, 1.82) is 0 Å². The molecular formula is C26H30FN7O5. The van der Waals surface area contributed by atoms with Crippen LogP contribution in [0.15, 0.2) is 30.7 Å². The summed E-state index contributed by atoms with van der Waals surface area (Å²) in [5, 5.41) is 19.6. The van der Waals surface area contributed by atoms with Crippen molar-refractivity contribution in [2.75, 3.05) is 50.1 Å². The zero-order chi connectivity index (χ0) is 27.9. The number of benzene rings is 1. The minimum atomic E-state index is -1.62. The van der Waals surface area contributed by atoms with Crippen LogP contribution in [-0.4, -0.2) is 94.0 Å². The molecule has 0 radical (unpaired) electrons. The number of fused-ring (bicyclic) bond motifs is 2. The Hall–Kier alpha value is -4.10. The minimum absolute atomic E-state index is 0.150. The molecule has 3 N–H and O–H groups in total. The fourth-order valence-corrected chi connectivity index (χ4v) is 4.63. The number of aromatic nitrogens is 3. The van der Waals surface area contributed by atoms with Gasteiger partial charge in [0.15, 0.2) is 5.65 Å². The molecule has 0 aliphatic carbocycles. The van der Waals surface area contributed by atoms with Crippen molar-refractivity contribution in [1.82, 2.24) is 24.8 Å². The minimum Gasteiger partial charge on any atom is -0.387 e. The summed E-state index contributed by atoms with van der Waals surface area (Å²) < 4.78 is 21.4. The highest BCUT2D eigenvalue weighted by Crippen LogP contribution is 2.36. The second-order valence-electron chi connectivity index (χ2n) is 10.1. The number of hydrogen-bond acceptors (Lipinski definition) is 8. The molecule has 13 heteroatoms. The van der Waals surface area contributed by atoms with E-state index in [4.69, 9.17) is 4.74 Å². The maximum atomic E-state index is 14.6. The van der Waals surface area contributed by atoms with Gasteiger partial charge in [-0.05, 0) is 31.5 Å². The van der Waals surface area contributed by atoms with E-state index >= 15 is 0 Å². The lowest BCUT2D eigenvalue weighted by atomic mass is 10.0. The van der Waals surface area contributed by atoms with E-state index in [0.717, 1.165) is 0 Å². The van der Waals surface area contributed by atoms with Gasteiger partial charge in [0.2, 0.25) is 0 Å². The third kappa shape index (κ3) is 5.14. The van der Waals surface area contributed by atoms with Crippen molar-refractivity contribution in [2.24, 2.45) is 0 Å². The Bertz CT molecular complexity index is 1440. The monoisotopic (exact) mass is 539 g/mol. The Kier molecular flexibility index (Phi) is 6.95. The Labute approximate surface area is 223 Å². The first-order valence-corrected chi connectivity index (χ1v) is 12.6. The molecule has 1 aromatic carbocycles. The third-order valence-electron chi connectivity index (χ3n) is 6.94. The lowest BCUT2D eigenvalue weighted by Crippen LogP contribution is -2.42. The Balaban J connectivity index is 1.46. The average Bonchev–Trinajstić information content (AvgIpc) is 3.48. The number of alkyl halides is 1. The van der Waals surface area contributed by atoms with E-state index in [9.17, 15) is 23.9 Å². The molecule has 39 heavy (non-hydrogen) atoms. The van der Waals surface area contributed by atoms with Crippen LogP contribution in [0.5, 0.6) is 0 Å². The summed E-state index contributed by atoms with van der Waals surface area (Å²) in [7, 11) is 1.51. The lowest BCUT2D eigenvalue weighted by Gasteiger charge is -2.31. The van der Waals surface area contributed by atoms with Crippen molar-refractivity contribution < 1.29 is 28.6 Å². The predicted molar refractivity (Wildman–Crippen MR) is 140 cm³/mol. The van der Waals surface area contributed by atoms with Crippen LogP contribution < -0.4 is 15.5 Å². The highest BCUT2D eigenvalue weighted by atomic mass is 19.1. The third-order valence-corrected chi connectivity index (χ3v) is 6.94. The number of rotatable bonds is 7. The molecule has 0 unspecified atom stereocenters. The summed E-state index contributed by atoms with van der Waals surface area (Å²) >= 11 is 0. The number of anilines is 2. The van der Waals surface area contributed by atoms with E-state index in [1.807, 2.05) is 4.90 Å². The fourth-order valence-electron chi connectivity index (χ4n) is 4.63. The van der Waals surface area contributed by atoms with Gasteiger partial charge in [-0.2, -0.15) is 5.10 Å². The molecule has 3 amide bonds. The molecule has 1 fully saturated rings. The molecule has 2 aliphatic heterocycles. The molecule has 206 valence electrons. The van der Waals surface area contributed by atoms with Crippen molar-refractivity contribution in [3.63, 3.8) is 0 Å². The van der Waals surface area contributed by atoms with Gasteiger partial charge in [-0.3, -0.25) is 14.4 Å². The molecule has 4 heterocycles. The molecular weight excluding hydrogens is 509 g/mol. The van der Waals surface area contributed by atoms with Crippen LogP contribution in [0.4, 0.5) is 15.8 Å². The van der Waals surface area contributed by atoms with Crippen LogP contribution in [-0.2, 0) is 11.3 Å². The molecule has 3 aromatic rings. The molecule has 2 aromatic heterocycles. The van der Waals surface area contributed by atoms with Crippen LogP contribution in [0.1, 0.15) is 50.5 Å². The van der Waals surface area contributed by atoms with Crippen LogP contribution in [0, 0.1) is 0 Å². The van der Waals surface area contributed by atoms with Crippen molar-refractivity contribution in [3.05, 3.63) is 53.0 Å². The molecule has 5 rings (SSSR count). The number of morpholine rings is 1. The first-order chi connectivity index (χ1) is 18.6. The number of ether oxygens (including phenoxy) is 1. The Morgan fingerprint density at radius 3 is 2.64 bits per heavy atom. The highest BCUT2D eigenvalue weighted by molar-refractivity contribution is 6.10. The summed E-state index contributed by atoms with van der Waals surface area (Å²) in [6, 6.07) is 3.45. The van der Waals surface area contributed by atoms with Crippen molar-refractivity contribution in [3.8, 4) is 0 Å².